The van der Waals surface area contributed by atoms with Gasteiger partial charge in [-0.15, -0.1) is 0 Å². The minimum atomic E-state index is -0.894. The number of rotatable bonds is 2. The highest BCUT2D eigenvalue weighted by molar-refractivity contribution is 5.27. The monoisotopic (exact) mass is 212 g/mol. The molecule has 1 aliphatic carbocycles. The molecule has 1 aromatic carbocycles. The normalized spacial score (nSPS) is 18.7. The van der Waals surface area contributed by atoms with Crippen LogP contribution in [0.15, 0.2) is 12.1 Å². The Morgan fingerprint density at radius 1 is 1.27 bits per heavy atom. The standard InChI is InChI=1S/C12H14F2O/c1-7-5-6-9(11(14)10(7)13)12(15)8-3-2-4-8/h5-6,8,12,15H,2-4H2,1H3. The maximum absolute atomic E-state index is 13.5. The topological polar surface area (TPSA) is 20.2 Å². The predicted octanol–water partition coefficient (Wildman–Crippen LogP) is 3.11. The van der Waals surface area contributed by atoms with E-state index < -0.39 is 17.7 Å². The SMILES string of the molecule is Cc1ccc(C(O)C2CCC2)c(F)c1F. The summed E-state index contributed by atoms with van der Waals surface area (Å²) in [6.07, 6.45) is 2.01. The molecule has 0 aromatic heterocycles. The van der Waals surface area contributed by atoms with Crippen molar-refractivity contribution in [2.75, 3.05) is 0 Å². The molecule has 15 heavy (non-hydrogen) atoms. The predicted molar refractivity (Wildman–Crippen MR) is 53.4 cm³/mol. The van der Waals surface area contributed by atoms with Crippen molar-refractivity contribution in [2.24, 2.45) is 5.92 Å². The molecule has 0 radical (unpaired) electrons. The average Bonchev–Trinajstić information content (AvgIpc) is 2.11. The largest absolute Gasteiger partial charge is 0.388 e. The number of aliphatic hydroxyl groups excluding tert-OH is 1. The van der Waals surface area contributed by atoms with Crippen LogP contribution in [0.1, 0.15) is 36.5 Å². The lowest BCUT2D eigenvalue weighted by Gasteiger charge is -2.30. The van der Waals surface area contributed by atoms with Crippen LogP contribution in [-0.2, 0) is 0 Å². The highest BCUT2D eigenvalue weighted by atomic mass is 19.2. The fourth-order valence-corrected chi connectivity index (χ4v) is 1.90. The number of hydrogen-bond acceptors (Lipinski definition) is 1. The molecule has 0 amide bonds. The number of aryl methyl sites for hydroxylation is 1. The molecule has 3 heteroatoms. The fourth-order valence-electron chi connectivity index (χ4n) is 1.90. The Kier molecular flexibility index (Phi) is 2.74. The van der Waals surface area contributed by atoms with Crippen molar-refractivity contribution in [2.45, 2.75) is 32.3 Å². The van der Waals surface area contributed by atoms with E-state index in [2.05, 4.69) is 0 Å². The molecule has 2 rings (SSSR count). The lowest BCUT2D eigenvalue weighted by molar-refractivity contribution is 0.0586. The van der Waals surface area contributed by atoms with Crippen molar-refractivity contribution in [1.82, 2.24) is 0 Å². The van der Waals surface area contributed by atoms with Crippen molar-refractivity contribution in [3.05, 3.63) is 34.9 Å². The molecule has 1 fully saturated rings. The highest BCUT2D eigenvalue weighted by Crippen LogP contribution is 2.38. The number of hydrogen-bond donors (Lipinski definition) is 1. The number of halogens is 2. The molecular formula is C12H14F2O. The Morgan fingerprint density at radius 3 is 2.47 bits per heavy atom. The molecule has 82 valence electrons. The molecule has 1 nitrogen and oxygen atoms in total. The molecule has 0 aliphatic heterocycles. The number of benzene rings is 1. The van der Waals surface area contributed by atoms with E-state index in [0.717, 1.165) is 19.3 Å². The maximum Gasteiger partial charge on any atom is 0.164 e. The van der Waals surface area contributed by atoms with E-state index >= 15 is 0 Å². The summed E-state index contributed by atoms with van der Waals surface area (Å²) >= 11 is 0. The summed E-state index contributed by atoms with van der Waals surface area (Å²) in [6.45, 7) is 1.51. The molecule has 1 N–H and O–H groups in total. The van der Waals surface area contributed by atoms with Crippen LogP contribution in [0.4, 0.5) is 8.78 Å². The molecule has 1 unspecified atom stereocenters. The summed E-state index contributed by atoms with van der Waals surface area (Å²) in [5, 5.41) is 9.83. The molecular weight excluding hydrogens is 198 g/mol. The summed E-state index contributed by atoms with van der Waals surface area (Å²) in [7, 11) is 0. The highest BCUT2D eigenvalue weighted by Gasteiger charge is 2.29. The van der Waals surface area contributed by atoms with Gasteiger partial charge in [0.1, 0.15) is 0 Å². The Hall–Kier alpha value is -0.960. The van der Waals surface area contributed by atoms with E-state index in [4.69, 9.17) is 0 Å². The summed E-state index contributed by atoms with van der Waals surface area (Å²) in [6, 6.07) is 2.99. The smallest absolute Gasteiger partial charge is 0.164 e. The molecule has 0 bridgehead atoms. The second kappa shape index (κ2) is 3.89. The van der Waals surface area contributed by atoms with Gasteiger partial charge in [0.05, 0.1) is 6.10 Å². The zero-order valence-corrected chi connectivity index (χ0v) is 8.63. The van der Waals surface area contributed by atoms with Gasteiger partial charge in [0, 0.05) is 5.56 Å². The Morgan fingerprint density at radius 2 is 1.93 bits per heavy atom. The fraction of sp³-hybridized carbons (Fsp3) is 0.500. The third-order valence-corrected chi connectivity index (χ3v) is 3.22. The van der Waals surface area contributed by atoms with Crippen LogP contribution in [0.2, 0.25) is 0 Å². The van der Waals surface area contributed by atoms with Gasteiger partial charge < -0.3 is 5.11 Å². The van der Waals surface area contributed by atoms with E-state index in [0.29, 0.717) is 0 Å². The first-order valence-electron chi connectivity index (χ1n) is 5.24. The van der Waals surface area contributed by atoms with Crippen LogP contribution in [0.25, 0.3) is 0 Å². The second-order valence-electron chi connectivity index (χ2n) is 4.24. The third-order valence-electron chi connectivity index (χ3n) is 3.22. The lowest BCUT2D eigenvalue weighted by Crippen LogP contribution is -2.21. The van der Waals surface area contributed by atoms with Crippen molar-refractivity contribution < 1.29 is 13.9 Å². The van der Waals surface area contributed by atoms with Gasteiger partial charge in [-0.3, -0.25) is 0 Å². The number of aliphatic hydroxyl groups is 1. The van der Waals surface area contributed by atoms with Gasteiger partial charge in [-0.05, 0) is 31.2 Å². The van der Waals surface area contributed by atoms with Crippen molar-refractivity contribution in [3.8, 4) is 0 Å². The minimum Gasteiger partial charge on any atom is -0.388 e. The second-order valence-corrected chi connectivity index (χ2v) is 4.24. The van der Waals surface area contributed by atoms with Gasteiger partial charge in [0.15, 0.2) is 11.6 Å². The van der Waals surface area contributed by atoms with E-state index in [1.165, 1.54) is 19.1 Å². The zero-order chi connectivity index (χ0) is 11.0. The Bertz CT molecular complexity index is 372. The summed E-state index contributed by atoms with van der Waals surface area (Å²) in [4.78, 5) is 0. The van der Waals surface area contributed by atoms with Crippen molar-refractivity contribution >= 4 is 0 Å². The lowest BCUT2D eigenvalue weighted by atomic mass is 9.78. The van der Waals surface area contributed by atoms with Crippen LogP contribution >= 0.6 is 0 Å². The van der Waals surface area contributed by atoms with E-state index in [9.17, 15) is 13.9 Å². The van der Waals surface area contributed by atoms with Crippen LogP contribution in [0.3, 0.4) is 0 Å². The molecule has 1 atom stereocenters. The molecule has 0 heterocycles. The summed E-state index contributed by atoms with van der Waals surface area (Å²) < 4.78 is 26.7. The summed E-state index contributed by atoms with van der Waals surface area (Å²) in [5.74, 6) is -1.64. The average molecular weight is 212 g/mol. The molecule has 0 spiro atoms. The zero-order valence-electron chi connectivity index (χ0n) is 8.63. The third kappa shape index (κ3) is 1.76. The van der Waals surface area contributed by atoms with Crippen LogP contribution < -0.4 is 0 Å². The van der Waals surface area contributed by atoms with E-state index in [1.54, 1.807) is 0 Å². The minimum absolute atomic E-state index is 0.0987. The van der Waals surface area contributed by atoms with Gasteiger partial charge in [0.25, 0.3) is 0 Å². The molecule has 1 aromatic rings. The van der Waals surface area contributed by atoms with Crippen molar-refractivity contribution in [1.29, 1.82) is 0 Å². The Labute approximate surface area is 87.7 Å². The quantitative estimate of drug-likeness (QED) is 0.798. The molecule has 1 saturated carbocycles. The van der Waals surface area contributed by atoms with Gasteiger partial charge in [0.2, 0.25) is 0 Å². The van der Waals surface area contributed by atoms with E-state index in [-0.39, 0.29) is 17.0 Å². The van der Waals surface area contributed by atoms with Gasteiger partial charge in [-0.1, -0.05) is 18.6 Å². The Balaban J connectivity index is 2.31. The van der Waals surface area contributed by atoms with Crippen LogP contribution in [-0.4, -0.2) is 5.11 Å². The van der Waals surface area contributed by atoms with Gasteiger partial charge in [-0.2, -0.15) is 0 Å². The first-order valence-corrected chi connectivity index (χ1v) is 5.24. The first kappa shape index (κ1) is 10.6. The van der Waals surface area contributed by atoms with Crippen LogP contribution in [0, 0.1) is 24.5 Å². The molecule has 0 saturated heterocycles. The first-order chi connectivity index (χ1) is 7.11. The maximum atomic E-state index is 13.5. The van der Waals surface area contributed by atoms with Crippen LogP contribution in [0.5, 0.6) is 0 Å². The van der Waals surface area contributed by atoms with Gasteiger partial charge in [-0.25, -0.2) is 8.78 Å². The van der Waals surface area contributed by atoms with E-state index in [1.807, 2.05) is 0 Å². The van der Waals surface area contributed by atoms with Crippen molar-refractivity contribution in [3.63, 3.8) is 0 Å². The summed E-state index contributed by atoms with van der Waals surface area (Å²) in [5.41, 5.74) is 0.375. The van der Waals surface area contributed by atoms with Gasteiger partial charge >= 0.3 is 0 Å². The molecule has 1 aliphatic rings.